The first-order valence-corrected chi connectivity index (χ1v) is 5.93. The number of hydrogen-bond donors (Lipinski definition) is 1. The Labute approximate surface area is 103 Å². The highest BCUT2D eigenvalue weighted by atomic mass is 79.9. The van der Waals surface area contributed by atoms with Gasteiger partial charge in [0.15, 0.2) is 5.78 Å². The maximum Gasteiger partial charge on any atom is 0.182 e. The first-order chi connectivity index (χ1) is 7.70. The van der Waals surface area contributed by atoms with Gasteiger partial charge in [-0.05, 0) is 28.9 Å². The molecule has 0 saturated heterocycles. The van der Waals surface area contributed by atoms with Crippen LogP contribution in [0.5, 0.6) is 0 Å². The molecule has 0 atom stereocenters. The fourth-order valence-corrected chi connectivity index (χ4v) is 1.89. The van der Waals surface area contributed by atoms with E-state index in [1.165, 1.54) is 0 Å². The molecule has 0 aliphatic carbocycles. The van der Waals surface area contributed by atoms with Gasteiger partial charge in [0, 0.05) is 13.5 Å². The lowest BCUT2D eigenvalue weighted by Gasteiger charge is -2.06. The molecule has 2 N–H and O–H groups in total. The summed E-state index contributed by atoms with van der Waals surface area (Å²) < 4.78 is 7.35. The van der Waals surface area contributed by atoms with Gasteiger partial charge in [-0.15, -0.1) is 0 Å². The maximum absolute atomic E-state index is 11.9. The monoisotopic (exact) mass is 289 g/mol. The van der Waals surface area contributed by atoms with Crippen molar-refractivity contribution >= 4 is 21.7 Å². The third kappa shape index (κ3) is 3.40. The second kappa shape index (κ2) is 6.78. The minimum Gasteiger partial charge on any atom is -0.383 e. The minimum atomic E-state index is 0.0610. The zero-order valence-electron chi connectivity index (χ0n) is 9.28. The highest BCUT2D eigenvalue weighted by molar-refractivity contribution is 9.10. The van der Waals surface area contributed by atoms with Crippen LogP contribution in [0.2, 0.25) is 0 Å². The van der Waals surface area contributed by atoms with Crippen molar-refractivity contribution in [1.82, 2.24) is 9.78 Å². The third-order valence-corrected chi connectivity index (χ3v) is 2.75. The third-order valence-electron chi connectivity index (χ3n) is 2.17. The average molecular weight is 290 g/mol. The van der Waals surface area contributed by atoms with Crippen LogP contribution in [-0.4, -0.2) is 35.8 Å². The molecular weight excluding hydrogens is 274 g/mol. The van der Waals surface area contributed by atoms with Crippen LogP contribution < -0.4 is 5.73 Å². The van der Waals surface area contributed by atoms with E-state index in [-0.39, 0.29) is 5.78 Å². The van der Waals surface area contributed by atoms with Crippen LogP contribution >= 0.6 is 15.9 Å². The molecule has 0 aliphatic heterocycles. The van der Waals surface area contributed by atoms with Gasteiger partial charge in [-0.2, -0.15) is 5.10 Å². The summed E-state index contributed by atoms with van der Waals surface area (Å²) in [7, 11) is 1.62. The molecule has 1 aromatic heterocycles. The Kier molecular flexibility index (Phi) is 5.65. The molecule has 0 aliphatic rings. The standard InChI is InChI=1S/C10H16BrN3O2/c1-16-6-5-14-10(8(11)7-13-14)9(15)3-2-4-12/h7H,2-6,12H2,1H3. The Morgan fingerprint density at radius 3 is 3.06 bits per heavy atom. The van der Waals surface area contributed by atoms with Gasteiger partial charge in [-0.25, -0.2) is 0 Å². The normalized spacial score (nSPS) is 10.7. The lowest BCUT2D eigenvalue weighted by atomic mass is 10.1. The van der Waals surface area contributed by atoms with E-state index in [4.69, 9.17) is 10.5 Å². The molecule has 0 radical (unpaired) electrons. The van der Waals surface area contributed by atoms with Crippen molar-refractivity contribution in [1.29, 1.82) is 0 Å². The van der Waals surface area contributed by atoms with Crippen molar-refractivity contribution in [3.63, 3.8) is 0 Å². The number of Topliss-reactive ketones (excluding diaryl/α,β-unsaturated/α-hetero) is 1. The largest absolute Gasteiger partial charge is 0.383 e. The van der Waals surface area contributed by atoms with Crippen LogP contribution in [0.3, 0.4) is 0 Å². The Morgan fingerprint density at radius 2 is 2.44 bits per heavy atom. The number of nitrogens with two attached hydrogens (primary N) is 1. The van der Waals surface area contributed by atoms with Crippen LogP contribution in [0.1, 0.15) is 23.3 Å². The number of rotatable bonds is 7. The Hall–Kier alpha value is -0.720. The number of ether oxygens (including phenoxy) is 1. The molecule has 0 amide bonds. The molecule has 0 aromatic carbocycles. The molecule has 0 spiro atoms. The lowest BCUT2D eigenvalue weighted by Crippen LogP contribution is -2.15. The first kappa shape index (κ1) is 13.3. The number of nitrogens with zero attached hydrogens (tertiary/aromatic N) is 2. The van der Waals surface area contributed by atoms with Crippen molar-refractivity contribution < 1.29 is 9.53 Å². The van der Waals surface area contributed by atoms with E-state index in [2.05, 4.69) is 21.0 Å². The predicted octanol–water partition coefficient (Wildman–Crippen LogP) is 1.21. The fraction of sp³-hybridized carbons (Fsp3) is 0.600. The molecule has 5 nitrogen and oxygen atoms in total. The Bertz CT molecular complexity index is 352. The highest BCUT2D eigenvalue weighted by Crippen LogP contribution is 2.18. The number of aromatic nitrogens is 2. The number of halogens is 1. The lowest BCUT2D eigenvalue weighted by molar-refractivity contribution is 0.0966. The number of carbonyl (C=O) groups is 1. The molecule has 0 fully saturated rings. The van der Waals surface area contributed by atoms with Crippen LogP contribution in [0.15, 0.2) is 10.7 Å². The van der Waals surface area contributed by atoms with Gasteiger partial charge in [0.2, 0.25) is 0 Å². The summed E-state index contributed by atoms with van der Waals surface area (Å²) in [5.41, 5.74) is 5.98. The van der Waals surface area contributed by atoms with Crippen LogP contribution in [0, 0.1) is 0 Å². The smallest absolute Gasteiger partial charge is 0.182 e. The van der Waals surface area contributed by atoms with E-state index in [0.29, 0.717) is 38.2 Å². The van der Waals surface area contributed by atoms with Crippen molar-refractivity contribution in [2.45, 2.75) is 19.4 Å². The summed E-state index contributed by atoms with van der Waals surface area (Å²) in [6, 6.07) is 0. The number of carbonyl (C=O) groups excluding carboxylic acids is 1. The SMILES string of the molecule is COCCn1ncc(Br)c1C(=O)CCCN. The topological polar surface area (TPSA) is 70.1 Å². The molecule has 0 bridgehead atoms. The number of hydrogen-bond acceptors (Lipinski definition) is 4. The van der Waals surface area contributed by atoms with Crippen molar-refractivity contribution in [3.05, 3.63) is 16.4 Å². The second-order valence-electron chi connectivity index (χ2n) is 3.37. The quantitative estimate of drug-likeness (QED) is 0.766. The van der Waals surface area contributed by atoms with Gasteiger partial charge in [0.25, 0.3) is 0 Å². The average Bonchev–Trinajstić information content (AvgIpc) is 2.64. The molecule has 6 heteroatoms. The van der Waals surface area contributed by atoms with Gasteiger partial charge in [0.1, 0.15) is 5.69 Å². The van der Waals surface area contributed by atoms with Crippen molar-refractivity contribution in [2.24, 2.45) is 5.73 Å². The molecule has 1 heterocycles. The number of methoxy groups -OCH3 is 1. The van der Waals surface area contributed by atoms with E-state index >= 15 is 0 Å². The summed E-state index contributed by atoms with van der Waals surface area (Å²) in [4.78, 5) is 11.9. The van der Waals surface area contributed by atoms with Gasteiger partial charge in [-0.3, -0.25) is 9.48 Å². The summed E-state index contributed by atoms with van der Waals surface area (Å²) in [5.74, 6) is 0.0610. The fourth-order valence-electron chi connectivity index (χ4n) is 1.37. The zero-order chi connectivity index (χ0) is 12.0. The number of ketones is 1. The Morgan fingerprint density at radius 1 is 1.69 bits per heavy atom. The van der Waals surface area contributed by atoms with E-state index in [0.717, 1.165) is 4.47 Å². The van der Waals surface area contributed by atoms with E-state index in [1.807, 2.05) is 0 Å². The molecule has 1 aromatic rings. The maximum atomic E-state index is 11.9. The molecule has 16 heavy (non-hydrogen) atoms. The van der Waals surface area contributed by atoms with Crippen molar-refractivity contribution in [3.8, 4) is 0 Å². The summed E-state index contributed by atoms with van der Waals surface area (Å²) in [6.07, 6.45) is 2.78. The molecule has 1 rings (SSSR count). The molecular formula is C10H16BrN3O2. The van der Waals surface area contributed by atoms with E-state index in [9.17, 15) is 4.79 Å². The van der Waals surface area contributed by atoms with Crippen molar-refractivity contribution in [2.75, 3.05) is 20.3 Å². The summed E-state index contributed by atoms with van der Waals surface area (Å²) in [5, 5.41) is 4.12. The molecule has 0 unspecified atom stereocenters. The van der Waals surface area contributed by atoms with E-state index in [1.54, 1.807) is 18.0 Å². The summed E-state index contributed by atoms with van der Waals surface area (Å²) in [6.45, 7) is 1.63. The van der Waals surface area contributed by atoms with Crippen LogP contribution in [0.4, 0.5) is 0 Å². The molecule has 0 saturated carbocycles. The molecule has 90 valence electrons. The van der Waals surface area contributed by atoms with E-state index < -0.39 is 0 Å². The zero-order valence-corrected chi connectivity index (χ0v) is 10.9. The second-order valence-corrected chi connectivity index (χ2v) is 4.23. The first-order valence-electron chi connectivity index (χ1n) is 5.14. The van der Waals surface area contributed by atoms with Gasteiger partial charge in [0.05, 0.1) is 23.8 Å². The van der Waals surface area contributed by atoms with Gasteiger partial charge >= 0.3 is 0 Å². The van der Waals surface area contributed by atoms with Gasteiger partial charge < -0.3 is 10.5 Å². The Balaban J connectivity index is 2.75. The van der Waals surface area contributed by atoms with Crippen LogP contribution in [-0.2, 0) is 11.3 Å². The highest BCUT2D eigenvalue weighted by Gasteiger charge is 2.16. The van der Waals surface area contributed by atoms with Crippen LogP contribution in [0.25, 0.3) is 0 Å². The minimum absolute atomic E-state index is 0.0610. The predicted molar refractivity (Wildman–Crippen MR) is 64.4 cm³/mol. The summed E-state index contributed by atoms with van der Waals surface area (Å²) >= 11 is 3.33. The van der Waals surface area contributed by atoms with Gasteiger partial charge in [-0.1, -0.05) is 0 Å².